The van der Waals surface area contributed by atoms with Crippen molar-refractivity contribution in [3.05, 3.63) is 185 Å². The van der Waals surface area contributed by atoms with E-state index >= 15 is 0 Å². The van der Waals surface area contributed by atoms with Crippen molar-refractivity contribution >= 4 is 28.3 Å². The number of allylic oxidation sites excluding steroid dienone is 2. The quantitative estimate of drug-likeness (QED) is 0.106. The van der Waals surface area contributed by atoms with Crippen LogP contribution in [0, 0.1) is 5.41 Å². The van der Waals surface area contributed by atoms with E-state index in [1.165, 1.54) is 5.57 Å². The number of ketones is 1. The van der Waals surface area contributed by atoms with Gasteiger partial charge in [0, 0.05) is 28.8 Å². The normalized spacial score (nSPS) is 21.9. The highest BCUT2D eigenvalue weighted by Crippen LogP contribution is 2.59. The fraction of sp³-hybridized carbons (Fsp3) is 0.283. The summed E-state index contributed by atoms with van der Waals surface area (Å²) in [4.78, 5) is 31.0. The number of fused-ring (bicyclic) bond motifs is 9. The zero-order valence-corrected chi connectivity index (χ0v) is 34.1. The summed E-state index contributed by atoms with van der Waals surface area (Å²) >= 11 is 0. The summed E-state index contributed by atoms with van der Waals surface area (Å²) in [5.74, 6) is -0.251. The molecule has 3 aliphatic carbocycles. The molecule has 1 saturated carbocycles. The van der Waals surface area contributed by atoms with Crippen LogP contribution >= 0.6 is 0 Å². The maximum absolute atomic E-state index is 14.8. The SMILES string of the molecule is CC1=CCC[C@@]2(C)[C@@H](CC[C@@]2(O)CN(Cc2cccc3ccccc23)C(=O)Nc2ccccc2)c2ccc(cc2C(=O)c2ccc(-c3ccccc3)cc2)C[C@@H](O)CC1. The molecular formula is C53H54N2O4. The lowest BCUT2D eigenvalue weighted by molar-refractivity contribution is -0.0773. The molecule has 2 bridgehead atoms. The van der Waals surface area contributed by atoms with Gasteiger partial charge in [0.1, 0.15) is 0 Å². The molecule has 0 unspecified atom stereocenters. The number of carbonyl (C=O) groups excluding carboxylic acids is 2. The summed E-state index contributed by atoms with van der Waals surface area (Å²) in [6.45, 7) is 4.71. The molecule has 4 atom stereocenters. The van der Waals surface area contributed by atoms with Crippen molar-refractivity contribution in [2.45, 2.75) is 83.0 Å². The molecule has 300 valence electrons. The number of aliphatic hydroxyl groups is 2. The van der Waals surface area contributed by atoms with Crippen LogP contribution in [0.25, 0.3) is 21.9 Å². The molecule has 6 heteroatoms. The minimum absolute atomic E-state index is 0.0728. The molecule has 0 spiro atoms. The van der Waals surface area contributed by atoms with Crippen LogP contribution in [0.4, 0.5) is 10.5 Å². The van der Waals surface area contributed by atoms with Crippen molar-refractivity contribution in [1.82, 2.24) is 4.90 Å². The molecule has 6 aromatic carbocycles. The Labute approximate surface area is 348 Å². The van der Waals surface area contributed by atoms with Crippen molar-refractivity contribution in [3.8, 4) is 11.1 Å². The van der Waals surface area contributed by atoms with Crippen molar-refractivity contribution in [2.75, 3.05) is 11.9 Å². The smallest absolute Gasteiger partial charge is 0.322 e. The highest BCUT2D eigenvalue weighted by molar-refractivity contribution is 6.10. The molecule has 59 heavy (non-hydrogen) atoms. The number of hydrogen-bond donors (Lipinski definition) is 3. The minimum atomic E-state index is -1.29. The van der Waals surface area contributed by atoms with E-state index in [9.17, 15) is 19.8 Å². The van der Waals surface area contributed by atoms with E-state index in [0.29, 0.717) is 55.5 Å². The first-order valence-corrected chi connectivity index (χ1v) is 21.1. The lowest BCUT2D eigenvalue weighted by Gasteiger charge is -2.46. The van der Waals surface area contributed by atoms with Crippen molar-refractivity contribution in [3.63, 3.8) is 0 Å². The number of hydrogen-bond acceptors (Lipinski definition) is 4. The number of para-hydroxylation sites is 1. The van der Waals surface area contributed by atoms with Crippen LogP contribution < -0.4 is 5.32 Å². The first-order valence-electron chi connectivity index (χ1n) is 21.1. The summed E-state index contributed by atoms with van der Waals surface area (Å²) in [7, 11) is 0. The molecule has 0 aliphatic heterocycles. The summed E-state index contributed by atoms with van der Waals surface area (Å²) in [6, 6.07) is 47.6. The van der Waals surface area contributed by atoms with Gasteiger partial charge in [-0.15, -0.1) is 0 Å². The van der Waals surface area contributed by atoms with E-state index in [4.69, 9.17) is 0 Å². The van der Waals surface area contributed by atoms with Crippen molar-refractivity contribution in [2.24, 2.45) is 5.41 Å². The first-order chi connectivity index (χ1) is 28.6. The van der Waals surface area contributed by atoms with E-state index < -0.39 is 17.1 Å². The molecule has 0 aromatic heterocycles. The highest BCUT2D eigenvalue weighted by Gasteiger charge is 2.57. The summed E-state index contributed by atoms with van der Waals surface area (Å²) in [6.07, 6.45) is 6.03. The molecule has 1 fully saturated rings. The van der Waals surface area contributed by atoms with Gasteiger partial charge in [-0.05, 0) is 115 Å². The Morgan fingerprint density at radius 2 is 1.47 bits per heavy atom. The van der Waals surface area contributed by atoms with Crippen LogP contribution in [0.1, 0.15) is 90.9 Å². The molecular weight excluding hydrogens is 729 g/mol. The van der Waals surface area contributed by atoms with Gasteiger partial charge in [0.15, 0.2) is 5.78 Å². The maximum atomic E-state index is 14.8. The lowest BCUT2D eigenvalue weighted by Crippen LogP contribution is -2.54. The summed E-state index contributed by atoms with van der Waals surface area (Å²) < 4.78 is 0. The second-order valence-corrected chi connectivity index (χ2v) is 17.0. The Balaban J connectivity index is 1.19. The van der Waals surface area contributed by atoms with Crippen LogP contribution in [0.5, 0.6) is 0 Å². The third-order valence-corrected chi connectivity index (χ3v) is 13.2. The predicted octanol–water partition coefficient (Wildman–Crippen LogP) is 11.5. The van der Waals surface area contributed by atoms with Gasteiger partial charge in [0.05, 0.1) is 18.2 Å². The number of anilines is 1. The Kier molecular flexibility index (Phi) is 11.6. The fourth-order valence-electron chi connectivity index (χ4n) is 9.67. The molecule has 3 aliphatic rings. The number of carbonyl (C=O) groups is 2. The zero-order chi connectivity index (χ0) is 41.0. The molecule has 6 nitrogen and oxygen atoms in total. The maximum Gasteiger partial charge on any atom is 0.322 e. The van der Waals surface area contributed by atoms with E-state index in [0.717, 1.165) is 51.4 Å². The molecule has 2 amide bonds. The molecule has 0 saturated heterocycles. The van der Waals surface area contributed by atoms with Gasteiger partial charge < -0.3 is 20.4 Å². The fourth-order valence-corrected chi connectivity index (χ4v) is 9.67. The number of aliphatic hydroxyl groups excluding tert-OH is 1. The standard InChI is InChI=1S/C53H54N2O4/c1-37-13-12-31-52(2)49(47-29-23-38(33-45(56)28-22-37)34-48(47)50(57)42-26-24-40(25-27-42)39-14-5-3-6-15-39)30-32-53(52,59)36-55(51(58)54-44-19-7-4-8-20-44)35-43-18-11-17-41-16-9-10-21-46(41)43/h3-11,13-21,23-27,29,34,45,49,56,59H,12,22,28,30-33,35-36H2,1-2H3,(H,54,58)/t45-,49-,52-,53+/m0/s1. The first kappa shape index (κ1) is 40.0. The van der Waals surface area contributed by atoms with Crippen molar-refractivity contribution in [1.29, 1.82) is 0 Å². The number of rotatable bonds is 8. The number of nitrogens with one attached hydrogen (secondary N) is 1. The summed E-state index contributed by atoms with van der Waals surface area (Å²) in [5.41, 5.74) is 6.05. The van der Waals surface area contributed by atoms with Gasteiger partial charge in [0.2, 0.25) is 0 Å². The Bertz CT molecular complexity index is 2460. The third kappa shape index (κ3) is 8.52. The van der Waals surface area contributed by atoms with E-state index in [-0.39, 0.29) is 24.3 Å². The summed E-state index contributed by atoms with van der Waals surface area (Å²) in [5, 5.41) is 29.7. The highest BCUT2D eigenvalue weighted by atomic mass is 16.3. The van der Waals surface area contributed by atoms with Gasteiger partial charge in [0.25, 0.3) is 0 Å². The predicted molar refractivity (Wildman–Crippen MR) is 239 cm³/mol. The van der Waals surface area contributed by atoms with Gasteiger partial charge in [-0.25, -0.2) is 4.79 Å². The number of benzene rings is 6. The van der Waals surface area contributed by atoms with Gasteiger partial charge in [-0.1, -0.05) is 146 Å². The van der Waals surface area contributed by atoms with Crippen LogP contribution in [-0.2, 0) is 13.0 Å². The van der Waals surface area contributed by atoms with Crippen LogP contribution in [0.2, 0.25) is 0 Å². The second-order valence-electron chi connectivity index (χ2n) is 17.0. The minimum Gasteiger partial charge on any atom is -0.393 e. The largest absolute Gasteiger partial charge is 0.393 e. The molecule has 0 radical (unpaired) electrons. The average Bonchev–Trinajstić information content (AvgIpc) is 3.51. The Hall–Kier alpha value is -5.82. The van der Waals surface area contributed by atoms with E-state index in [1.54, 1.807) is 4.90 Å². The third-order valence-electron chi connectivity index (χ3n) is 13.2. The van der Waals surface area contributed by atoms with Crippen molar-refractivity contribution < 1.29 is 19.8 Å². The topological polar surface area (TPSA) is 89.9 Å². The second kappa shape index (κ2) is 17.2. The Morgan fingerprint density at radius 3 is 2.25 bits per heavy atom. The van der Waals surface area contributed by atoms with Gasteiger partial charge in [-0.2, -0.15) is 0 Å². The van der Waals surface area contributed by atoms with Gasteiger partial charge in [-0.3, -0.25) is 4.79 Å². The van der Waals surface area contributed by atoms with Crippen LogP contribution in [0.15, 0.2) is 157 Å². The molecule has 3 N–H and O–H groups in total. The van der Waals surface area contributed by atoms with E-state index in [2.05, 4.69) is 73.8 Å². The average molecular weight is 783 g/mol. The van der Waals surface area contributed by atoms with E-state index in [1.807, 2.05) is 97.1 Å². The Morgan fingerprint density at radius 1 is 0.780 bits per heavy atom. The van der Waals surface area contributed by atoms with Crippen LogP contribution in [-0.4, -0.2) is 45.2 Å². The monoisotopic (exact) mass is 782 g/mol. The number of urea groups is 1. The number of nitrogens with zero attached hydrogens (tertiary/aromatic N) is 1. The van der Waals surface area contributed by atoms with Crippen LogP contribution in [0.3, 0.4) is 0 Å². The number of amides is 2. The lowest BCUT2D eigenvalue weighted by atomic mass is 9.64. The molecule has 6 aromatic rings. The molecule has 0 heterocycles. The molecule has 9 rings (SSSR count). The van der Waals surface area contributed by atoms with Gasteiger partial charge >= 0.3 is 6.03 Å². The zero-order valence-electron chi connectivity index (χ0n) is 34.1.